The molecule has 2 unspecified atom stereocenters. The fourth-order valence-corrected chi connectivity index (χ4v) is 3.61. The van der Waals surface area contributed by atoms with E-state index in [1.807, 2.05) is 12.5 Å². The maximum Gasteiger partial charge on any atom is 0.329 e. The Bertz CT molecular complexity index is 728. The van der Waals surface area contributed by atoms with Gasteiger partial charge in [0.2, 0.25) is 5.91 Å². The smallest absolute Gasteiger partial charge is 0.329 e. The van der Waals surface area contributed by atoms with E-state index in [1.165, 1.54) is 37.7 Å². The van der Waals surface area contributed by atoms with E-state index in [9.17, 15) is 19.2 Å². The van der Waals surface area contributed by atoms with Crippen molar-refractivity contribution in [2.24, 2.45) is 0 Å². The molecular formula is C19H26N2O6S2. The number of carbonyl (C=O) groups excluding carboxylic acids is 4. The van der Waals surface area contributed by atoms with Gasteiger partial charge >= 0.3 is 11.9 Å². The van der Waals surface area contributed by atoms with Crippen LogP contribution >= 0.6 is 23.5 Å². The third kappa shape index (κ3) is 7.98. The van der Waals surface area contributed by atoms with E-state index in [-0.39, 0.29) is 12.0 Å². The Balaban J connectivity index is 2.92. The number of benzene rings is 1. The monoisotopic (exact) mass is 442 g/mol. The molecule has 0 saturated carbocycles. The van der Waals surface area contributed by atoms with Crippen molar-refractivity contribution in [3.63, 3.8) is 0 Å². The average molecular weight is 443 g/mol. The van der Waals surface area contributed by atoms with Crippen molar-refractivity contribution in [2.75, 3.05) is 38.2 Å². The van der Waals surface area contributed by atoms with Gasteiger partial charge in [0.05, 0.1) is 20.6 Å². The van der Waals surface area contributed by atoms with Crippen molar-refractivity contribution in [3.8, 4) is 0 Å². The molecule has 0 heterocycles. The lowest BCUT2D eigenvalue weighted by Crippen LogP contribution is -2.45. The summed E-state index contributed by atoms with van der Waals surface area (Å²) in [6, 6.07) is 5.04. The van der Waals surface area contributed by atoms with Gasteiger partial charge in [-0.1, -0.05) is 18.2 Å². The summed E-state index contributed by atoms with van der Waals surface area (Å²) in [7, 11) is 2.51. The summed E-state index contributed by atoms with van der Waals surface area (Å²) in [6.07, 6.45) is 3.53. The van der Waals surface area contributed by atoms with Crippen LogP contribution in [0.25, 0.3) is 0 Å². The van der Waals surface area contributed by atoms with E-state index in [4.69, 9.17) is 9.47 Å². The molecule has 2 atom stereocenters. The third-order valence-corrected chi connectivity index (χ3v) is 5.22. The van der Waals surface area contributed by atoms with Gasteiger partial charge in [-0.05, 0) is 24.1 Å². The first-order valence-electron chi connectivity index (χ1n) is 8.69. The zero-order valence-corrected chi connectivity index (χ0v) is 18.5. The topological polar surface area (TPSA) is 111 Å². The summed E-state index contributed by atoms with van der Waals surface area (Å²) in [5, 5.41) is 5.27. The SMILES string of the molecule is COC(=O)C(CSC)NC(=O)Cc1ccccc1C(=O)NC(CSC)C(=O)OC. The second-order valence-electron chi connectivity index (χ2n) is 5.94. The van der Waals surface area contributed by atoms with Gasteiger partial charge in [-0.15, -0.1) is 0 Å². The molecule has 0 aliphatic carbocycles. The zero-order chi connectivity index (χ0) is 21.8. The first-order chi connectivity index (χ1) is 13.9. The number of esters is 2. The van der Waals surface area contributed by atoms with Crippen molar-refractivity contribution in [1.29, 1.82) is 0 Å². The van der Waals surface area contributed by atoms with Crippen molar-refractivity contribution in [3.05, 3.63) is 35.4 Å². The number of carbonyl (C=O) groups is 4. The van der Waals surface area contributed by atoms with Crippen LogP contribution in [0.5, 0.6) is 0 Å². The van der Waals surface area contributed by atoms with Gasteiger partial charge in [-0.25, -0.2) is 9.59 Å². The number of hydrogen-bond donors (Lipinski definition) is 2. The maximum atomic E-state index is 12.7. The number of thioether (sulfide) groups is 2. The highest BCUT2D eigenvalue weighted by Crippen LogP contribution is 2.12. The van der Waals surface area contributed by atoms with E-state index in [2.05, 4.69) is 10.6 Å². The number of hydrogen-bond acceptors (Lipinski definition) is 8. The minimum Gasteiger partial charge on any atom is -0.467 e. The number of rotatable bonds is 11. The van der Waals surface area contributed by atoms with E-state index in [1.54, 1.807) is 24.3 Å². The van der Waals surface area contributed by atoms with Crippen LogP contribution in [0.15, 0.2) is 24.3 Å². The molecule has 1 rings (SSSR count). The van der Waals surface area contributed by atoms with Crippen molar-refractivity contribution in [2.45, 2.75) is 18.5 Å². The molecule has 1 aromatic carbocycles. The van der Waals surface area contributed by atoms with Gasteiger partial charge in [0.25, 0.3) is 5.91 Å². The summed E-state index contributed by atoms with van der Waals surface area (Å²) >= 11 is 2.80. The molecule has 160 valence electrons. The highest BCUT2D eigenvalue weighted by atomic mass is 32.2. The molecule has 10 heteroatoms. The van der Waals surface area contributed by atoms with Crippen LogP contribution < -0.4 is 10.6 Å². The Morgan fingerprint density at radius 3 is 1.93 bits per heavy atom. The first-order valence-corrected chi connectivity index (χ1v) is 11.5. The van der Waals surface area contributed by atoms with Crippen LogP contribution in [0.4, 0.5) is 0 Å². The second-order valence-corrected chi connectivity index (χ2v) is 7.76. The first kappa shape index (κ1) is 24.8. The van der Waals surface area contributed by atoms with Crippen LogP contribution in [-0.4, -0.2) is 74.1 Å². The van der Waals surface area contributed by atoms with Crippen molar-refractivity contribution < 1.29 is 28.7 Å². The van der Waals surface area contributed by atoms with Crippen LogP contribution in [0, 0.1) is 0 Å². The summed E-state index contributed by atoms with van der Waals surface area (Å²) < 4.78 is 9.42. The number of nitrogens with one attached hydrogen (secondary N) is 2. The minimum absolute atomic E-state index is 0.100. The lowest BCUT2D eigenvalue weighted by Gasteiger charge is -2.18. The molecule has 1 aromatic rings. The van der Waals surface area contributed by atoms with E-state index >= 15 is 0 Å². The van der Waals surface area contributed by atoms with Gasteiger partial charge in [-0.2, -0.15) is 23.5 Å². The molecule has 0 aliphatic rings. The predicted molar refractivity (Wildman–Crippen MR) is 114 cm³/mol. The van der Waals surface area contributed by atoms with Crippen molar-refractivity contribution >= 4 is 47.3 Å². The van der Waals surface area contributed by atoms with Crippen LogP contribution in [0.1, 0.15) is 15.9 Å². The van der Waals surface area contributed by atoms with Gasteiger partial charge in [0.1, 0.15) is 12.1 Å². The van der Waals surface area contributed by atoms with Crippen LogP contribution in [0.3, 0.4) is 0 Å². The summed E-state index contributed by atoms with van der Waals surface area (Å²) in [5.74, 6) is -1.24. The van der Waals surface area contributed by atoms with E-state index < -0.39 is 35.8 Å². The van der Waals surface area contributed by atoms with Gasteiger partial charge in [0, 0.05) is 17.1 Å². The fourth-order valence-electron chi connectivity index (χ4n) is 2.51. The molecule has 0 aromatic heterocycles. The maximum absolute atomic E-state index is 12.7. The Kier molecular flexibility index (Phi) is 11.2. The fraction of sp³-hybridized carbons (Fsp3) is 0.474. The zero-order valence-electron chi connectivity index (χ0n) is 16.9. The molecule has 0 bridgehead atoms. The second kappa shape index (κ2) is 13.1. The summed E-state index contributed by atoms with van der Waals surface area (Å²) in [5.41, 5.74) is 0.750. The molecule has 0 saturated heterocycles. The highest BCUT2D eigenvalue weighted by molar-refractivity contribution is 7.98. The Morgan fingerprint density at radius 2 is 1.41 bits per heavy atom. The molecular weight excluding hydrogens is 416 g/mol. The Labute approximate surface area is 178 Å². The largest absolute Gasteiger partial charge is 0.467 e. The molecule has 0 aliphatic heterocycles. The van der Waals surface area contributed by atoms with Gasteiger partial charge in [0.15, 0.2) is 0 Å². The molecule has 0 radical (unpaired) electrons. The molecule has 0 spiro atoms. The molecule has 2 N–H and O–H groups in total. The lowest BCUT2D eigenvalue weighted by molar-refractivity contribution is -0.144. The summed E-state index contributed by atoms with van der Waals surface area (Å²) in [6.45, 7) is 0. The van der Waals surface area contributed by atoms with Crippen LogP contribution in [-0.2, 0) is 30.3 Å². The quantitative estimate of drug-likeness (QED) is 0.486. The van der Waals surface area contributed by atoms with Gasteiger partial charge < -0.3 is 20.1 Å². The Morgan fingerprint density at radius 1 is 0.897 bits per heavy atom. The predicted octanol–water partition coefficient (Wildman–Crippen LogP) is 0.884. The number of ether oxygens (including phenoxy) is 2. The number of methoxy groups -OCH3 is 2. The van der Waals surface area contributed by atoms with Crippen LogP contribution in [0.2, 0.25) is 0 Å². The average Bonchev–Trinajstić information content (AvgIpc) is 2.72. The van der Waals surface area contributed by atoms with Gasteiger partial charge in [-0.3, -0.25) is 9.59 Å². The number of amides is 2. The van der Waals surface area contributed by atoms with Crippen molar-refractivity contribution in [1.82, 2.24) is 10.6 Å². The molecule has 29 heavy (non-hydrogen) atoms. The molecule has 8 nitrogen and oxygen atoms in total. The van der Waals surface area contributed by atoms with E-state index in [0.29, 0.717) is 17.1 Å². The minimum atomic E-state index is -0.797. The third-order valence-electron chi connectivity index (χ3n) is 3.89. The lowest BCUT2D eigenvalue weighted by atomic mass is 10.0. The summed E-state index contributed by atoms with van der Waals surface area (Å²) in [4.78, 5) is 48.8. The molecule has 0 fully saturated rings. The molecule has 2 amide bonds. The standard InChI is InChI=1S/C19H26N2O6S2/c1-26-18(24)14(10-28-3)20-16(22)9-12-7-5-6-8-13(12)17(23)21-15(11-29-4)19(25)27-2/h5-8,14-15H,9-11H2,1-4H3,(H,20,22)(H,21,23). The Hall–Kier alpha value is -2.20. The highest BCUT2D eigenvalue weighted by Gasteiger charge is 2.24. The van der Waals surface area contributed by atoms with E-state index in [0.717, 1.165) is 0 Å². The normalized spacial score (nSPS) is 12.4.